The summed E-state index contributed by atoms with van der Waals surface area (Å²) < 4.78 is 17.0. The smallest absolute Gasteiger partial charge is 0.147 e. The Balaban J connectivity index is 1.15. The first-order valence-corrected chi connectivity index (χ1v) is 18.5. The van der Waals surface area contributed by atoms with Crippen molar-refractivity contribution in [1.29, 1.82) is 0 Å². The largest absolute Gasteiger partial charge is 0.456 e. The van der Waals surface area contributed by atoms with E-state index in [0.717, 1.165) is 49.4 Å². The molecule has 2 nitrogen and oxygen atoms in total. The van der Waals surface area contributed by atoms with Gasteiger partial charge in [-0.3, -0.25) is 0 Å². The first kappa shape index (κ1) is 26.9. The van der Waals surface area contributed by atoms with Crippen LogP contribution in [-0.2, 0) is 0 Å². The third kappa shape index (κ3) is 3.56. The molecule has 0 spiro atoms. The second kappa shape index (κ2) is 9.82. The number of benzene rings is 8. The lowest BCUT2D eigenvalue weighted by Gasteiger charge is -2.18. The van der Waals surface area contributed by atoms with Gasteiger partial charge < -0.3 is 8.83 Å². The fraction of sp³-hybridized carbons (Fsp3) is 0. The van der Waals surface area contributed by atoms with Crippen LogP contribution in [0.1, 0.15) is 0 Å². The monoisotopic (exact) mass is 672 g/mol. The molecule has 0 amide bonds. The van der Waals surface area contributed by atoms with Crippen molar-refractivity contribution in [2.75, 3.05) is 0 Å². The summed E-state index contributed by atoms with van der Waals surface area (Å²) in [6.45, 7) is 0. The van der Waals surface area contributed by atoms with Crippen LogP contribution in [0, 0.1) is 0 Å². The van der Waals surface area contributed by atoms with Gasteiger partial charge >= 0.3 is 0 Å². The minimum absolute atomic E-state index is 0.838. The maximum atomic E-state index is 6.58. The molecular formula is C46H24O2S2. The van der Waals surface area contributed by atoms with Crippen molar-refractivity contribution in [2.45, 2.75) is 0 Å². The predicted octanol–water partition coefficient (Wildman–Crippen LogP) is 14.7. The van der Waals surface area contributed by atoms with Crippen LogP contribution in [0.5, 0.6) is 0 Å². The van der Waals surface area contributed by atoms with Crippen LogP contribution in [0.25, 0.3) is 118 Å². The molecule has 12 rings (SSSR count). The zero-order valence-electron chi connectivity index (χ0n) is 26.5. The Morgan fingerprint density at radius 2 is 1.14 bits per heavy atom. The van der Waals surface area contributed by atoms with E-state index >= 15 is 0 Å². The van der Waals surface area contributed by atoms with Crippen molar-refractivity contribution in [3.8, 4) is 22.3 Å². The van der Waals surface area contributed by atoms with E-state index in [2.05, 4.69) is 133 Å². The molecule has 12 aromatic rings. The van der Waals surface area contributed by atoms with Crippen molar-refractivity contribution in [3.05, 3.63) is 145 Å². The van der Waals surface area contributed by atoms with Crippen LogP contribution in [0.4, 0.5) is 0 Å². The van der Waals surface area contributed by atoms with Crippen molar-refractivity contribution in [2.24, 2.45) is 0 Å². The fourth-order valence-corrected chi connectivity index (χ4v) is 10.4. The van der Waals surface area contributed by atoms with E-state index in [4.69, 9.17) is 8.83 Å². The standard InChI is InChI=1S/C46H24O2S2/c1-3-11-30-28(9-1)42(26-16-17-33-38(22-26)47-37-19-18-32-27-8-5-6-14-36(27)48-46(32)45(33)37)29-10-2-4-12-31(29)43(30)34-13-7-15-39-44(34)35-24-40-25(20-21-49-40)23-41(35)50-39/h1-24H. The number of fused-ring (bicyclic) bond motifs is 13. The van der Waals surface area contributed by atoms with E-state index < -0.39 is 0 Å². The number of hydrogen-bond donors (Lipinski definition) is 0. The zero-order chi connectivity index (χ0) is 32.5. The van der Waals surface area contributed by atoms with Crippen LogP contribution in [0.15, 0.2) is 154 Å². The molecule has 0 aliphatic heterocycles. The molecule has 0 atom stereocenters. The Hall–Kier alpha value is -5.94. The highest BCUT2D eigenvalue weighted by molar-refractivity contribution is 7.26. The van der Waals surface area contributed by atoms with Crippen molar-refractivity contribution < 1.29 is 8.83 Å². The van der Waals surface area contributed by atoms with Gasteiger partial charge in [-0.15, -0.1) is 22.7 Å². The molecule has 0 unspecified atom stereocenters. The molecule has 0 fully saturated rings. The lowest BCUT2D eigenvalue weighted by Crippen LogP contribution is -1.91. The molecule has 4 heteroatoms. The van der Waals surface area contributed by atoms with Crippen LogP contribution in [0.2, 0.25) is 0 Å². The van der Waals surface area contributed by atoms with E-state index in [0.29, 0.717) is 0 Å². The highest BCUT2D eigenvalue weighted by Gasteiger charge is 2.21. The van der Waals surface area contributed by atoms with Gasteiger partial charge in [-0.05, 0) is 109 Å². The van der Waals surface area contributed by atoms with Crippen molar-refractivity contribution in [1.82, 2.24) is 0 Å². The van der Waals surface area contributed by atoms with Gasteiger partial charge in [-0.25, -0.2) is 0 Å². The van der Waals surface area contributed by atoms with Gasteiger partial charge in [-0.2, -0.15) is 0 Å². The van der Waals surface area contributed by atoms with Crippen LogP contribution < -0.4 is 0 Å². The second-order valence-corrected chi connectivity index (χ2v) is 15.2. The van der Waals surface area contributed by atoms with Crippen LogP contribution in [-0.4, -0.2) is 0 Å². The molecule has 0 saturated carbocycles. The molecule has 0 radical (unpaired) electrons. The fourth-order valence-electron chi connectivity index (χ4n) is 8.42. The summed E-state index contributed by atoms with van der Waals surface area (Å²) in [6, 6.07) is 50.8. The number of furan rings is 2. The Morgan fingerprint density at radius 3 is 1.96 bits per heavy atom. The molecule has 0 aliphatic rings. The van der Waals surface area contributed by atoms with Crippen molar-refractivity contribution in [3.63, 3.8) is 0 Å². The van der Waals surface area contributed by atoms with Gasteiger partial charge in [-0.1, -0.05) is 84.9 Å². The highest BCUT2D eigenvalue weighted by Crippen LogP contribution is 2.49. The lowest BCUT2D eigenvalue weighted by atomic mass is 9.85. The maximum Gasteiger partial charge on any atom is 0.147 e. The Morgan fingerprint density at radius 1 is 0.400 bits per heavy atom. The molecule has 4 aromatic heterocycles. The van der Waals surface area contributed by atoms with Gasteiger partial charge in [0, 0.05) is 41.0 Å². The topological polar surface area (TPSA) is 26.3 Å². The van der Waals surface area contributed by atoms with E-state index in [1.54, 1.807) is 0 Å². The van der Waals surface area contributed by atoms with E-state index in [9.17, 15) is 0 Å². The average molecular weight is 673 g/mol. The second-order valence-electron chi connectivity index (χ2n) is 13.2. The third-order valence-electron chi connectivity index (χ3n) is 10.5. The summed E-state index contributed by atoms with van der Waals surface area (Å²) in [5, 5.41) is 15.5. The Labute approximate surface area is 293 Å². The normalized spacial score (nSPS) is 12.4. The van der Waals surface area contributed by atoms with E-state index in [-0.39, 0.29) is 0 Å². The minimum atomic E-state index is 0.838. The molecule has 0 saturated heterocycles. The zero-order valence-corrected chi connectivity index (χ0v) is 28.1. The molecule has 8 aromatic carbocycles. The van der Waals surface area contributed by atoms with E-state index in [1.165, 1.54) is 68.5 Å². The molecule has 4 heterocycles. The summed E-state index contributed by atoms with van der Waals surface area (Å²) >= 11 is 3.71. The predicted molar refractivity (Wildman–Crippen MR) is 215 cm³/mol. The number of hydrogen-bond acceptors (Lipinski definition) is 4. The van der Waals surface area contributed by atoms with Gasteiger partial charge in [0.1, 0.15) is 22.3 Å². The highest BCUT2D eigenvalue weighted by atomic mass is 32.1. The van der Waals surface area contributed by atoms with Gasteiger partial charge in [0.15, 0.2) is 0 Å². The molecule has 50 heavy (non-hydrogen) atoms. The molecular weight excluding hydrogens is 649 g/mol. The lowest BCUT2D eigenvalue weighted by molar-refractivity contribution is 0.663. The SMILES string of the molecule is c1ccc2c(c1)oc1c2ccc2oc3cc(-c4c5ccccc5c(-c5cccc6sc7cc8ccsc8cc7c56)c5ccccc45)ccc3c21. The van der Waals surface area contributed by atoms with E-state index in [1.807, 2.05) is 34.8 Å². The Bertz CT molecular complexity index is 3330. The summed E-state index contributed by atoms with van der Waals surface area (Å²) in [5.41, 5.74) is 8.39. The summed E-state index contributed by atoms with van der Waals surface area (Å²) in [6.07, 6.45) is 0. The molecule has 0 bridgehead atoms. The molecule has 0 N–H and O–H groups in total. The van der Waals surface area contributed by atoms with Crippen molar-refractivity contribution >= 4 is 118 Å². The maximum absolute atomic E-state index is 6.58. The number of thiophene rings is 2. The average Bonchev–Trinajstić information content (AvgIpc) is 3.94. The van der Waals surface area contributed by atoms with Crippen LogP contribution >= 0.6 is 22.7 Å². The Kier molecular flexibility index (Phi) is 5.29. The number of para-hydroxylation sites is 1. The summed E-state index contributed by atoms with van der Waals surface area (Å²) in [4.78, 5) is 0. The van der Waals surface area contributed by atoms with Crippen LogP contribution in [0.3, 0.4) is 0 Å². The molecule has 232 valence electrons. The third-order valence-corrected chi connectivity index (χ3v) is 12.5. The minimum Gasteiger partial charge on any atom is -0.456 e. The van der Waals surface area contributed by atoms with Gasteiger partial charge in [0.2, 0.25) is 0 Å². The summed E-state index contributed by atoms with van der Waals surface area (Å²) in [5.74, 6) is 0. The van der Waals surface area contributed by atoms with Gasteiger partial charge in [0.25, 0.3) is 0 Å². The first-order chi connectivity index (χ1) is 24.8. The summed E-state index contributed by atoms with van der Waals surface area (Å²) in [7, 11) is 0. The number of rotatable bonds is 2. The quantitative estimate of drug-likeness (QED) is 0.171. The first-order valence-electron chi connectivity index (χ1n) is 16.8. The molecule has 0 aliphatic carbocycles. The van der Waals surface area contributed by atoms with Gasteiger partial charge in [0.05, 0.1) is 5.39 Å².